The van der Waals surface area contributed by atoms with E-state index in [4.69, 9.17) is 27.3 Å². The van der Waals surface area contributed by atoms with Crippen molar-refractivity contribution < 1.29 is 26.8 Å². The fourth-order valence-corrected chi connectivity index (χ4v) is 2.13. The van der Waals surface area contributed by atoms with Crippen LogP contribution in [0.1, 0.15) is 15.8 Å². The molecule has 1 unspecified atom stereocenters. The van der Waals surface area contributed by atoms with Crippen molar-refractivity contribution in [3.05, 3.63) is 29.8 Å². The molecule has 0 saturated heterocycles. The van der Waals surface area contributed by atoms with Gasteiger partial charge >= 0.3 is 0 Å². The first-order valence-corrected chi connectivity index (χ1v) is 8.24. The molecule has 0 bridgehead atoms. The van der Waals surface area contributed by atoms with Crippen LogP contribution in [0.2, 0.25) is 0 Å². The Bertz CT molecular complexity index is 712. The number of rotatable bonds is 6. The van der Waals surface area contributed by atoms with Crippen LogP contribution >= 0.6 is 23.2 Å². The van der Waals surface area contributed by atoms with Crippen molar-refractivity contribution >= 4 is 38.9 Å². The molecule has 0 aliphatic carbocycles. The molecule has 1 rings (SSSR count). The maximum Gasteiger partial charge on any atom is 0.253 e. The van der Waals surface area contributed by atoms with Crippen LogP contribution in [0.25, 0.3) is 0 Å². The number of sulfone groups is 1. The first kappa shape index (κ1) is 13.8. The Morgan fingerprint density at radius 1 is 1.48 bits per heavy atom. The van der Waals surface area contributed by atoms with E-state index in [9.17, 15) is 22.7 Å². The third-order valence-corrected chi connectivity index (χ3v) is 3.98. The largest absolute Gasteiger partial charge is 0.386 e. The molecule has 118 valence electrons. The van der Waals surface area contributed by atoms with E-state index in [0.29, 0.717) is 0 Å². The molecule has 1 aromatic rings. The lowest BCUT2D eigenvalue weighted by Gasteiger charge is -2.22. The number of amides is 1. The van der Waals surface area contributed by atoms with Crippen LogP contribution in [0.15, 0.2) is 29.2 Å². The quantitative estimate of drug-likeness (QED) is 0.750. The smallest absolute Gasteiger partial charge is 0.253 e. The van der Waals surface area contributed by atoms with E-state index in [1.54, 1.807) is 5.32 Å². The second-order valence-electron chi connectivity index (χ2n) is 4.04. The number of hydrogen-bond acceptors (Lipinski definition) is 4. The van der Waals surface area contributed by atoms with Gasteiger partial charge in [-0.1, -0.05) is 35.3 Å². The molecule has 0 saturated carbocycles. The summed E-state index contributed by atoms with van der Waals surface area (Å²) in [6.45, 7) is -3.87. The molecule has 0 aliphatic heterocycles. The molecule has 0 fully saturated rings. The first-order chi connectivity index (χ1) is 10.7. The molecule has 0 spiro atoms. The Morgan fingerprint density at radius 3 is 2.38 bits per heavy atom. The second kappa shape index (κ2) is 7.40. The maximum absolute atomic E-state index is 13.9. The molecular formula is C12H14Cl2FNO4S. The average molecular weight is 361 g/mol. The Hall–Kier alpha value is -0.890. The number of aliphatic hydroxyl groups excluding tert-OH is 1. The average Bonchev–Trinajstić information content (AvgIpc) is 2.44. The van der Waals surface area contributed by atoms with Gasteiger partial charge in [0.05, 0.1) is 15.0 Å². The first-order valence-electron chi connectivity index (χ1n) is 6.97. The fraction of sp³-hybridized carbons (Fsp3) is 0.417. The number of nitrogens with one attached hydrogen (secondary N) is 1. The summed E-state index contributed by atoms with van der Waals surface area (Å²) in [7, 11) is -3.52. The zero-order valence-corrected chi connectivity index (χ0v) is 13.0. The molecule has 0 aromatic heterocycles. The maximum atomic E-state index is 13.9. The predicted molar refractivity (Wildman–Crippen MR) is 77.9 cm³/mol. The lowest BCUT2D eigenvalue weighted by atomic mass is 10.0. The minimum absolute atomic E-state index is 0.0945. The van der Waals surface area contributed by atoms with Crippen LogP contribution in [0, 0.1) is 0 Å². The zero-order valence-electron chi connectivity index (χ0n) is 13.7. The Labute approximate surface area is 136 Å². The van der Waals surface area contributed by atoms with Crippen LogP contribution < -0.4 is 5.32 Å². The zero-order chi connectivity index (χ0) is 18.9. The molecule has 5 nitrogen and oxygen atoms in total. The standard InChI is InChI=1S/C12H14Cl2FNO4S/c1-21(19,20)8-4-2-7(3-5-8)10(17)9(6-15)16-12(18)11(13)14/h2-5,9-11,17H,6H2,1H3,(H,16,18)/t9?,10-/m0/s1/i6D2,9D. The van der Waals surface area contributed by atoms with E-state index < -0.39 is 39.3 Å². The minimum Gasteiger partial charge on any atom is -0.386 e. The molecule has 2 N–H and O–H groups in total. The van der Waals surface area contributed by atoms with Gasteiger partial charge < -0.3 is 10.4 Å². The predicted octanol–water partition coefficient (Wildman–Crippen LogP) is 1.38. The van der Waals surface area contributed by atoms with E-state index in [2.05, 4.69) is 0 Å². The molecule has 0 radical (unpaired) electrons. The van der Waals surface area contributed by atoms with Gasteiger partial charge in [-0.25, -0.2) is 12.8 Å². The van der Waals surface area contributed by atoms with E-state index >= 15 is 0 Å². The molecular weight excluding hydrogens is 344 g/mol. The third kappa shape index (κ3) is 5.10. The number of benzene rings is 1. The van der Waals surface area contributed by atoms with Crippen molar-refractivity contribution in [1.82, 2.24) is 5.32 Å². The van der Waals surface area contributed by atoms with Gasteiger partial charge in [0.1, 0.15) is 12.7 Å². The highest BCUT2D eigenvalue weighted by atomic mass is 35.5. The van der Waals surface area contributed by atoms with E-state index in [1.165, 1.54) is 0 Å². The highest BCUT2D eigenvalue weighted by molar-refractivity contribution is 7.90. The van der Waals surface area contributed by atoms with Crippen molar-refractivity contribution in [2.75, 3.05) is 12.9 Å². The number of aliphatic hydroxyl groups is 1. The van der Waals surface area contributed by atoms with Crippen molar-refractivity contribution in [1.29, 1.82) is 0 Å². The second-order valence-corrected chi connectivity index (χ2v) is 7.15. The van der Waals surface area contributed by atoms with E-state index in [-0.39, 0.29) is 10.5 Å². The van der Waals surface area contributed by atoms with Gasteiger partial charge in [0, 0.05) is 6.26 Å². The van der Waals surface area contributed by atoms with Gasteiger partial charge in [0.15, 0.2) is 14.7 Å². The van der Waals surface area contributed by atoms with E-state index in [0.717, 1.165) is 30.5 Å². The topological polar surface area (TPSA) is 83.5 Å². The highest BCUT2D eigenvalue weighted by Gasteiger charge is 2.25. The molecule has 0 heterocycles. The SMILES string of the molecule is [2H]C([2H])(F)C([2H])(NC(=O)C(Cl)Cl)[C@@H](O)c1ccc(S(C)(=O)=O)cc1. The van der Waals surface area contributed by atoms with Crippen LogP contribution in [0.3, 0.4) is 0 Å². The normalized spacial score (nSPS) is 19.0. The van der Waals surface area contributed by atoms with Crippen molar-refractivity contribution in [3.63, 3.8) is 0 Å². The third-order valence-electron chi connectivity index (χ3n) is 2.46. The van der Waals surface area contributed by atoms with Gasteiger partial charge in [-0.15, -0.1) is 0 Å². The molecule has 21 heavy (non-hydrogen) atoms. The number of alkyl halides is 3. The minimum atomic E-state index is -3.87. The van der Waals surface area contributed by atoms with Crippen molar-refractivity contribution in [2.24, 2.45) is 0 Å². The molecule has 1 amide bonds. The van der Waals surface area contributed by atoms with Gasteiger partial charge in [0.2, 0.25) is 0 Å². The molecule has 0 aliphatic rings. The molecule has 1 aromatic carbocycles. The van der Waals surface area contributed by atoms with Crippen LogP contribution in [-0.2, 0) is 14.6 Å². The lowest BCUT2D eigenvalue weighted by Crippen LogP contribution is -2.43. The van der Waals surface area contributed by atoms with Crippen LogP contribution in [0.4, 0.5) is 4.39 Å². The highest BCUT2D eigenvalue weighted by Crippen LogP contribution is 2.20. The summed E-state index contributed by atoms with van der Waals surface area (Å²) >= 11 is 10.6. The summed E-state index contributed by atoms with van der Waals surface area (Å²) in [6.07, 6.45) is -1.23. The van der Waals surface area contributed by atoms with Gasteiger partial charge in [-0.05, 0) is 17.7 Å². The van der Waals surface area contributed by atoms with Crippen LogP contribution in [-0.4, -0.2) is 43.2 Å². The lowest BCUT2D eigenvalue weighted by molar-refractivity contribution is -0.121. The molecule has 2 atom stereocenters. The Balaban J connectivity index is 3.26. The number of carbonyl (C=O) groups excluding carboxylic acids is 1. The number of halogens is 3. The fourth-order valence-electron chi connectivity index (χ4n) is 1.39. The van der Waals surface area contributed by atoms with Gasteiger partial charge in [-0.2, -0.15) is 0 Å². The summed E-state index contributed by atoms with van der Waals surface area (Å²) in [5.41, 5.74) is -0.195. The van der Waals surface area contributed by atoms with Gasteiger partial charge in [-0.3, -0.25) is 4.79 Å². The molecule has 9 heteroatoms. The summed E-state index contributed by atoms with van der Waals surface area (Å²) in [5.74, 6) is -1.28. The van der Waals surface area contributed by atoms with Crippen LogP contribution in [0.5, 0.6) is 0 Å². The van der Waals surface area contributed by atoms with Gasteiger partial charge in [0.25, 0.3) is 5.91 Å². The van der Waals surface area contributed by atoms with Crippen molar-refractivity contribution in [3.8, 4) is 0 Å². The summed E-state index contributed by atoms with van der Waals surface area (Å²) in [6, 6.07) is 1.16. The number of hydrogen-bond donors (Lipinski definition) is 2. The summed E-state index contributed by atoms with van der Waals surface area (Å²) < 4.78 is 58.7. The Morgan fingerprint density at radius 2 is 2.00 bits per heavy atom. The summed E-state index contributed by atoms with van der Waals surface area (Å²) in [4.78, 5) is 9.70. The summed E-state index contributed by atoms with van der Waals surface area (Å²) in [5, 5.41) is 11.8. The van der Waals surface area contributed by atoms with E-state index in [1.807, 2.05) is 0 Å². The monoisotopic (exact) mass is 360 g/mol. The number of carbonyl (C=O) groups is 1. The Kier molecular flexibility index (Phi) is 4.84. The van der Waals surface area contributed by atoms with Crippen molar-refractivity contribution in [2.45, 2.75) is 21.9 Å².